The number of likely N-dealkylation sites (tertiary alicyclic amines) is 2. The van der Waals surface area contributed by atoms with Crippen molar-refractivity contribution in [1.82, 2.24) is 15.1 Å². The highest BCUT2D eigenvalue weighted by molar-refractivity contribution is 6.01. The van der Waals surface area contributed by atoms with E-state index in [0.717, 1.165) is 18.5 Å². The van der Waals surface area contributed by atoms with Gasteiger partial charge in [0.05, 0.1) is 18.1 Å². The number of carbonyl (C=O) groups excluding carboxylic acids is 3. The Labute approximate surface area is 222 Å². The third-order valence-electron chi connectivity index (χ3n) is 8.49. The first-order valence-corrected chi connectivity index (χ1v) is 14.1. The number of rotatable bonds is 8. The molecule has 7 heteroatoms. The zero-order chi connectivity index (χ0) is 26.7. The maximum atomic E-state index is 13.3. The summed E-state index contributed by atoms with van der Waals surface area (Å²) < 4.78 is 0. The molecule has 2 aliphatic heterocycles. The summed E-state index contributed by atoms with van der Waals surface area (Å²) in [5.41, 5.74) is 0.793. The first kappa shape index (κ1) is 27.8. The number of β-amino-alcohol motifs (C(OH)–C–C–N with tert-alkyl or cyclic N) is 1. The van der Waals surface area contributed by atoms with Crippen LogP contribution in [0.4, 0.5) is 0 Å². The Kier molecular flexibility index (Phi) is 8.74. The predicted octanol–water partition coefficient (Wildman–Crippen LogP) is 3.19. The van der Waals surface area contributed by atoms with E-state index < -0.39 is 12.0 Å². The summed E-state index contributed by atoms with van der Waals surface area (Å²) in [6.07, 6.45) is 5.99. The van der Waals surface area contributed by atoms with Crippen molar-refractivity contribution >= 4 is 17.6 Å². The van der Waals surface area contributed by atoms with Crippen molar-refractivity contribution in [2.45, 2.75) is 96.4 Å². The number of nitrogens with zero attached hydrogens (tertiary/aromatic N) is 2. The fourth-order valence-electron chi connectivity index (χ4n) is 6.72. The number of hydrogen-bond acceptors (Lipinski definition) is 5. The van der Waals surface area contributed by atoms with E-state index in [1.807, 2.05) is 51.1 Å². The largest absolute Gasteiger partial charge is 0.390 e. The normalized spacial score (nSPS) is 29.6. The quantitative estimate of drug-likeness (QED) is 0.523. The van der Waals surface area contributed by atoms with Gasteiger partial charge in [0.15, 0.2) is 0 Å². The van der Waals surface area contributed by atoms with Gasteiger partial charge in [-0.05, 0) is 70.8 Å². The second-order valence-corrected chi connectivity index (χ2v) is 12.6. The Hall–Kier alpha value is -2.25. The van der Waals surface area contributed by atoms with Gasteiger partial charge in [-0.3, -0.25) is 19.3 Å². The zero-order valence-electron chi connectivity index (χ0n) is 23.0. The van der Waals surface area contributed by atoms with E-state index in [4.69, 9.17) is 0 Å². The molecule has 1 aliphatic carbocycles. The van der Waals surface area contributed by atoms with E-state index in [9.17, 15) is 19.5 Å². The molecule has 37 heavy (non-hydrogen) atoms. The van der Waals surface area contributed by atoms with E-state index >= 15 is 0 Å². The Morgan fingerprint density at radius 3 is 2.38 bits per heavy atom. The van der Waals surface area contributed by atoms with Gasteiger partial charge in [-0.25, -0.2) is 0 Å². The maximum Gasteiger partial charge on any atom is 0.237 e. The van der Waals surface area contributed by atoms with Gasteiger partial charge in [-0.2, -0.15) is 0 Å². The zero-order valence-corrected chi connectivity index (χ0v) is 23.0. The highest BCUT2D eigenvalue weighted by Crippen LogP contribution is 2.39. The van der Waals surface area contributed by atoms with E-state index in [1.165, 1.54) is 32.6 Å². The summed E-state index contributed by atoms with van der Waals surface area (Å²) in [4.78, 5) is 42.6. The van der Waals surface area contributed by atoms with Crippen LogP contribution >= 0.6 is 0 Å². The molecule has 0 bridgehead atoms. The molecule has 2 saturated heterocycles. The molecule has 2 amide bonds. The third kappa shape index (κ3) is 6.99. The number of hydrogen-bond donors (Lipinski definition) is 2. The van der Waals surface area contributed by atoms with Gasteiger partial charge in [-0.1, -0.05) is 49.6 Å². The van der Waals surface area contributed by atoms with Crippen molar-refractivity contribution in [1.29, 1.82) is 0 Å². The first-order chi connectivity index (χ1) is 17.5. The average Bonchev–Trinajstić information content (AvgIpc) is 3.13. The van der Waals surface area contributed by atoms with E-state index in [-0.39, 0.29) is 41.8 Å². The molecule has 3 fully saturated rings. The molecular weight excluding hydrogens is 466 g/mol. The van der Waals surface area contributed by atoms with Gasteiger partial charge in [0, 0.05) is 31.2 Å². The number of nitrogens with one attached hydrogen (secondary N) is 1. The molecule has 1 aromatic carbocycles. The molecular formula is C30H45N3O4. The smallest absolute Gasteiger partial charge is 0.237 e. The van der Waals surface area contributed by atoms with E-state index in [2.05, 4.69) is 10.2 Å². The minimum Gasteiger partial charge on any atom is -0.390 e. The molecule has 7 nitrogen and oxygen atoms in total. The van der Waals surface area contributed by atoms with Crippen molar-refractivity contribution < 1.29 is 19.5 Å². The summed E-state index contributed by atoms with van der Waals surface area (Å²) in [5, 5.41) is 14.4. The van der Waals surface area contributed by atoms with Crippen molar-refractivity contribution in [3.8, 4) is 0 Å². The summed E-state index contributed by atoms with van der Waals surface area (Å²) in [7, 11) is 0. The number of aliphatic hydroxyl groups excluding tert-OH is 1. The van der Waals surface area contributed by atoms with Crippen LogP contribution in [0.5, 0.6) is 0 Å². The minimum atomic E-state index is -0.794. The molecule has 1 saturated carbocycles. The van der Waals surface area contributed by atoms with Crippen LogP contribution in [-0.2, 0) is 20.8 Å². The van der Waals surface area contributed by atoms with Crippen molar-refractivity contribution in [3.05, 3.63) is 35.9 Å². The van der Waals surface area contributed by atoms with Crippen molar-refractivity contribution in [2.24, 2.45) is 17.8 Å². The monoisotopic (exact) mass is 511 g/mol. The molecule has 0 spiro atoms. The lowest BCUT2D eigenvalue weighted by atomic mass is 9.72. The van der Waals surface area contributed by atoms with Crippen LogP contribution in [0, 0.1) is 17.8 Å². The lowest BCUT2D eigenvalue weighted by Crippen LogP contribution is -2.59. The van der Waals surface area contributed by atoms with Gasteiger partial charge in [0.25, 0.3) is 0 Å². The number of ketones is 1. The van der Waals surface area contributed by atoms with Gasteiger partial charge in [0.2, 0.25) is 11.8 Å². The Morgan fingerprint density at radius 2 is 1.73 bits per heavy atom. The molecule has 0 radical (unpaired) electrons. The molecule has 3 aliphatic rings. The summed E-state index contributed by atoms with van der Waals surface area (Å²) in [6.45, 7) is 8.79. The number of benzene rings is 1. The summed E-state index contributed by atoms with van der Waals surface area (Å²) in [6, 6.07) is 9.59. The van der Waals surface area contributed by atoms with E-state index in [0.29, 0.717) is 31.2 Å². The molecule has 1 aromatic rings. The van der Waals surface area contributed by atoms with Gasteiger partial charge < -0.3 is 15.3 Å². The van der Waals surface area contributed by atoms with Crippen molar-refractivity contribution in [2.75, 3.05) is 19.6 Å². The Balaban J connectivity index is 1.47. The van der Waals surface area contributed by atoms with E-state index in [1.54, 1.807) is 4.90 Å². The molecule has 4 rings (SSSR count). The second-order valence-electron chi connectivity index (χ2n) is 12.6. The lowest BCUT2D eigenvalue weighted by Gasteiger charge is -2.46. The van der Waals surface area contributed by atoms with Crippen LogP contribution < -0.4 is 5.32 Å². The maximum absolute atomic E-state index is 13.3. The number of carbonyl (C=O) groups is 3. The highest BCUT2D eigenvalue weighted by atomic mass is 16.3. The van der Waals surface area contributed by atoms with Crippen LogP contribution in [0.2, 0.25) is 0 Å². The van der Waals surface area contributed by atoms with Crippen molar-refractivity contribution in [3.63, 3.8) is 0 Å². The molecule has 0 aromatic heterocycles. The van der Waals surface area contributed by atoms with Gasteiger partial charge in [0.1, 0.15) is 5.78 Å². The summed E-state index contributed by atoms with van der Waals surface area (Å²) in [5.74, 6) is 0.216. The summed E-state index contributed by atoms with van der Waals surface area (Å²) >= 11 is 0. The Morgan fingerprint density at radius 1 is 1.05 bits per heavy atom. The SMILES string of the molecule is CC(=O)C1C[C@H](Cc2ccccc2)N(CC(O)CN2C[C@H]3CCCC[C@H]3CC2C(=O)NC(C)(C)C)C1=O. The fraction of sp³-hybridized carbons (Fsp3) is 0.700. The molecule has 2 N–H and O–H groups in total. The molecule has 204 valence electrons. The van der Waals surface area contributed by atoms with Gasteiger partial charge >= 0.3 is 0 Å². The number of piperidine rings is 1. The van der Waals surface area contributed by atoms with Gasteiger partial charge in [-0.15, -0.1) is 0 Å². The predicted molar refractivity (Wildman–Crippen MR) is 144 cm³/mol. The molecule has 2 heterocycles. The number of fused-ring (bicyclic) bond motifs is 1. The van der Waals surface area contributed by atoms with Crippen LogP contribution in [0.15, 0.2) is 30.3 Å². The minimum absolute atomic E-state index is 0.0274. The third-order valence-corrected chi connectivity index (χ3v) is 8.49. The standard InChI is InChI=1S/C30H45N3O4/c1-20(34)26-16-24(14-21-10-6-5-7-11-21)33(29(26)37)19-25(35)18-32-17-23-13-9-8-12-22(23)15-27(32)28(36)31-30(2,3)4/h5-7,10-11,22-27,35H,8-9,12-19H2,1-4H3,(H,31,36)/t22-,23+,24-,25?,26?,27?/m0/s1. The average molecular weight is 512 g/mol. The lowest BCUT2D eigenvalue weighted by molar-refractivity contribution is -0.139. The number of amides is 2. The second kappa shape index (κ2) is 11.6. The Bertz CT molecular complexity index is 959. The molecule has 3 unspecified atom stereocenters. The molecule has 6 atom stereocenters. The fourth-order valence-corrected chi connectivity index (χ4v) is 6.72. The topological polar surface area (TPSA) is 90.0 Å². The first-order valence-electron chi connectivity index (χ1n) is 14.1. The van der Waals surface area contributed by atoms with Crippen LogP contribution in [0.1, 0.15) is 71.8 Å². The number of Topliss-reactive ketones (excluding diaryl/α,β-unsaturated/α-hetero) is 1. The van der Waals surface area contributed by atoms with Crippen LogP contribution in [-0.4, -0.2) is 75.9 Å². The van der Waals surface area contributed by atoms with Crippen LogP contribution in [0.3, 0.4) is 0 Å². The van der Waals surface area contributed by atoms with Crippen LogP contribution in [0.25, 0.3) is 0 Å². The number of aliphatic hydroxyl groups is 1. The highest BCUT2D eigenvalue weighted by Gasteiger charge is 2.44.